The molecule has 3 aromatic carbocycles. The monoisotopic (exact) mass is 499 g/mol. The Bertz CT molecular complexity index is 1340. The van der Waals surface area contributed by atoms with Gasteiger partial charge in [-0.3, -0.25) is 14.9 Å². The summed E-state index contributed by atoms with van der Waals surface area (Å²) in [5.74, 6) is 1.43. The number of benzene rings is 3. The summed E-state index contributed by atoms with van der Waals surface area (Å²) in [7, 11) is 0. The number of rotatable bonds is 8. The number of hydrogen-bond donors (Lipinski definition) is 1. The first-order valence-corrected chi connectivity index (χ1v) is 12.8. The van der Waals surface area contributed by atoms with Gasteiger partial charge in [-0.05, 0) is 68.1 Å². The summed E-state index contributed by atoms with van der Waals surface area (Å²) in [4.78, 5) is 23.6. The lowest BCUT2D eigenvalue weighted by molar-refractivity contribution is -0.386. The topological polar surface area (TPSA) is 98.9 Å². The zero-order valence-electron chi connectivity index (χ0n) is 20.5. The molecule has 37 heavy (non-hydrogen) atoms. The van der Waals surface area contributed by atoms with Crippen LogP contribution in [0, 0.1) is 27.4 Å². The highest BCUT2D eigenvalue weighted by molar-refractivity contribution is 5.76. The predicted molar refractivity (Wildman–Crippen MR) is 137 cm³/mol. The fourth-order valence-corrected chi connectivity index (χ4v) is 7.51. The first-order chi connectivity index (χ1) is 17.9. The molecule has 2 atom stereocenters. The van der Waals surface area contributed by atoms with Crippen LogP contribution in [0.15, 0.2) is 72.8 Å². The second kappa shape index (κ2) is 8.91. The summed E-state index contributed by atoms with van der Waals surface area (Å²) in [6, 6.07) is 21.9. The number of nitro groups is 1. The summed E-state index contributed by atoms with van der Waals surface area (Å²) in [6.45, 7) is 0.199. The standard InChI is InChI=1S/C30H29NO6/c32-28(33)30-16-21-12-22(17-30)15-29(14-21,19-30)24-8-4-5-9-26(24)37-23-10-11-25(31(34)35)27(13-23)36-18-20-6-2-1-3-7-20/h1-11,13,21-22H,12,14-19H2,(H,32,33). The van der Waals surface area contributed by atoms with Gasteiger partial charge in [0.2, 0.25) is 5.75 Å². The summed E-state index contributed by atoms with van der Waals surface area (Å²) in [5.41, 5.74) is 0.943. The number of para-hydroxylation sites is 1. The van der Waals surface area contributed by atoms with E-state index in [0.29, 0.717) is 29.8 Å². The van der Waals surface area contributed by atoms with Crippen molar-refractivity contribution < 1.29 is 24.3 Å². The Kier molecular flexibility index (Phi) is 5.66. The number of hydrogen-bond acceptors (Lipinski definition) is 5. The molecule has 4 aliphatic carbocycles. The maximum Gasteiger partial charge on any atom is 0.311 e. The van der Waals surface area contributed by atoms with Crippen LogP contribution in [0.1, 0.15) is 49.7 Å². The van der Waals surface area contributed by atoms with Gasteiger partial charge in [-0.2, -0.15) is 0 Å². The Morgan fingerprint density at radius 2 is 1.65 bits per heavy atom. The normalized spacial score (nSPS) is 27.6. The minimum Gasteiger partial charge on any atom is -0.482 e. The van der Waals surface area contributed by atoms with Gasteiger partial charge < -0.3 is 14.6 Å². The van der Waals surface area contributed by atoms with Gasteiger partial charge in [0.25, 0.3) is 0 Å². The molecule has 4 fully saturated rings. The quantitative estimate of drug-likeness (QED) is 0.268. The molecule has 0 heterocycles. The van der Waals surface area contributed by atoms with Crippen LogP contribution >= 0.6 is 0 Å². The Morgan fingerprint density at radius 1 is 0.946 bits per heavy atom. The van der Waals surface area contributed by atoms with Gasteiger partial charge in [-0.25, -0.2) is 0 Å². The van der Waals surface area contributed by atoms with E-state index < -0.39 is 16.3 Å². The van der Waals surface area contributed by atoms with Gasteiger partial charge in [0.05, 0.1) is 10.3 Å². The zero-order chi connectivity index (χ0) is 25.6. The summed E-state index contributed by atoms with van der Waals surface area (Å²) in [5, 5.41) is 21.8. The third-order valence-electron chi connectivity index (χ3n) is 8.57. The maximum atomic E-state index is 12.4. The maximum absolute atomic E-state index is 12.4. The van der Waals surface area contributed by atoms with E-state index >= 15 is 0 Å². The van der Waals surface area contributed by atoms with Crippen molar-refractivity contribution in [1.82, 2.24) is 0 Å². The lowest BCUT2D eigenvalue weighted by Crippen LogP contribution is -2.56. The van der Waals surface area contributed by atoms with E-state index in [9.17, 15) is 20.0 Å². The lowest BCUT2D eigenvalue weighted by atomic mass is 9.43. The Labute approximate surface area is 215 Å². The van der Waals surface area contributed by atoms with Gasteiger partial charge in [0.1, 0.15) is 18.1 Å². The van der Waals surface area contributed by atoms with Crippen LogP contribution in [0.4, 0.5) is 5.69 Å². The van der Waals surface area contributed by atoms with Crippen LogP contribution in [-0.4, -0.2) is 16.0 Å². The van der Waals surface area contributed by atoms with Crippen molar-refractivity contribution in [2.75, 3.05) is 0 Å². The molecule has 0 spiro atoms. The minimum absolute atomic E-state index is 0.124. The van der Waals surface area contributed by atoms with E-state index in [-0.39, 0.29) is 23.5 Å². The van der Waals surface area contributed by atoms with Gasteiger partial charge in [0, 0.05) is 23.1 Å². The minimum atomic E-state index is -0.667. The predicted octanol–water partition coefficient (Wildman–Crippen LogP) is 6.89. The number of carbonyl (C=O) groups is 1. The summed E-state index contributed by atoms with van der Waals surface area (Å²) in [6.07, 6.45) is 5.25. The van der Waals surface area contributed by atoms with E-state index in [1.54, 1.807) is 12.1 Å². The fourth-order valence-electron chi connectivity index (χ4n) is 7.51. The Morgan fingerprint density at radius 3 is 2.35 bits per heavy atom. The van der Waals surface area contributed by atoms with E-state index in [0.717, 1.165) is 43.2 Å². The number of carboxylic acids is 1. The molecule has 4 saturated carbocycles. The first-order valence-electron chi connectivity index (χ1n) is 12.8. The molecular weight excluding hydrogens is 470 g/mol. The third-order valence-corrected chi connectivity index (χ3v) is 8.57. The molecular formula is C30H29NO6. The van der Waals surface area contributed by atoms with E-state index in [2.05, 4.69) is 6.07 Å². The Hall–Kier alpha value is -3.87. The van der Waals surface area contributed by atoms with Crippen molar-refractivity contribution in [3.8, 4) is 17.2 Å². The number of carboxylic acid groups (broad SMARTS) is 1. The smallest absolute Gasteiger partial charge is 0.311 e. The molecule has 0 aromatic heterocycles. The summed E-state index contributed by atoms with van der Waals surface area (Å²) >= 11 is 0. The number of nitrogens with zero attached hydrogens (tertiary/aromatic N) is 1. The largest absolute Gasteiger partial charge is 0.482 e. The molecule has 7 nitrogen and oxygen atoms in total. The van der Waals surface area contributed by atoms with Crippen molar-refractivity contribution in [1.29, 1.82) is 0 Å². The second-order valence-corrected chi connectivity index (χ2v) is 11.1. The van der Waals surface area contributed by atoms with Gasteiger partial charge in [-0.15, -0.1) is 0 Å². The highest BCUT2D eigenvalue weighted by Crippen LogP contribution is 2.66. The van der Waals surface area contributed by atoms with Crippen LogP contribution in [-0.2, 0) is 16.8 Å². The number of nitro benzene ring substituents is 1. The molecule has 190 valence electrons. The molecule has 2 unspecified atom stereocenters. The van der Waals surface area contributed by atoms with Crippen LogP contribution in [0.5, 0.6) is 17.2 Å². The molecule has 0 aliphatic heterocycles. The SMILES string of the molecule is O=C(O)C12CC3CC(C1)CC(c1ccccc1Oc1ccc([N+](=O)[O-])c(OCc4ccccc4)c1)(C3)C2. The third kappa shape index (κ3) is 4.22. The van der Waals surface area contributed by atoms with Crippen LogP contribution in [0.2, 0.25) is 0 Å². The van der Waals surface area contributed by atoms with Crippen molar-refractivity contribution in [2.24, 2.45) is 17.3 Å². The van der Waals surface area contributed by atoms with Crippen LogP contribution < -0.4 is 9.47 Å². The summed E-state index contributed by atoms with van der Waals surface area (Å²) < 4.78 is 12.2. The van der Waals surface area contributed by atoms with E-state index in [1.807, 2.05) is 48.5 Å². The molecule has 0 radical (unpaired) electrons. The fraction of sp³-hybridized carbons (Fsp3) is 0.367. The number of ether oxygens (including phenoxy) is 2. The number of aliphatic carboxylic acids is 1. The van der Waals surface area contributed by atoms with Crippen LogP contribution in [0.3, 0.4) is 0 Å². The van der Waals surface area contributed by atoms with E-state index in [1.165, 1.54) is 6.07 Å². The molecule has 7 rings (SSSR count). The van der Waals surface area contributed by atoms with Gasteiger partial charge in [-0.1, -0.05) is 48.5 Å². The zero-order valence-corrected chi connectivity index (χ0v) is 20.5. The molecule has 0 saturated heterocycles. The molecule has 0 amide bonds. The molecule has 3 aromatic rings. The van der Waals surface area contributed by atoms with Crippen LogP contribution in [0.25, 0.3) is 0 Å². The molecule has 7 heteroatoms. The first kappa shape index (κ1) is 23.5. The lowest BCUT2D eigenvalue weighted by Gasteiger charge is -2.60. The van der Waals surface area contributed by atoms with Crippen molar-refractivity contribution in [3.63, 3.8) is 0 Å². The molecule has 4 aliphatic rings. The highest BCUT2D eigenvalue weighted by Gasteiger charge is 2.61. The van der Waals surface area contributed by atoms with Crippen molar-refractivity contribution in [3.05, 3.63) is 94.0 Å². The van der Waals surface area contributed by atoms with Crippen molar-refractivity contribution >= 4 is 11.7 Å². The average molecular weight is 500 g/mol. The highest BCUT2D eigenvalue weighted by atomic mass is 16.6. The molecule has 1 N–H and O–H groups in total. The average Bonchev–Trinajstić information content (AvgIpc) is 2.87. The van der Waals surface area contributed by atoms with E-state index in [4.69, 9.17) is 9.47 Å². The van der Waals surface area contributed by atoms with Gasteiger partial charge in [0.15, 0.2) is 0 Å². The second-order valence-electron chi connectivity index (χ2n) is 11.1. The van der Waals surface area contributed by atoms with Crippen molar-refractivity contribution in [2.45, 2.75) is 50.5 Å². The van der Waals surface area contributed by atoms with Gasteiger partial charge >= 0.3 is 11.7 Å². The Balaban J connectivity index is 1.31. The molecule has 4 bridgehead atoms.